The Morgan fingerprint density at radius 3 is 2.85 bits per heavy atom. The maximum Gasteiger partial charge on any atom is 0.130 e. The number of hydrogen-bond donors (Lipinski definition) is 2. The maximum atomic E-state index is 5.98. The molecule has 0 unspecified atom stereocenters. The highest BCUT2D eigenvalue weighted by atomic mass is 16.5. The van der Waals surface area contributed by atoms with Gasteiger partial charge in [0.05, 0.1) is 12.2 Å². The van der Waals surface area contributed by atoms with Gasteiger partial charge in [0.15, 0.2) is 0 Å². The van der Waals surface area contributed by atoms with Crippen LogP contribution in [0.3, 0.4) is 0 Å². The molecule has 1 aromatic carbocycles. The monoisotopic (exact) mass is 358 g/mol. The van der Waals surface area contributed by atoms with Gasteiger partial charge in [-0.25, -0.2) is 0 Å². The van der Waals surface area contributed by atoms with E-state index in [1.807, 2.05) is 13.0 Å². The summed E-state index contributed by atoms with van der Waals surface area (Å²) in [6, 6.07) is 4.81. The molecule has 1 fully saturated rings. The van der Waals surface area contributed by atoms with Crippen molar-refractivity contribution in [2.75, 3.05) is 26.3 Å². The van der Waals surface area contributed by atoms with Crippen molar-refractivity contribution in [2.24, 2.45) is 11.7 Å². The van der Waals surface area contributed by atoms with E-state index in [0.29, 0.717) is 19.3 Å². The zero-order valence-electron chi connectivity index (χ0n) is 16.1. The molecular weight excluding hydrogens is 324 g/mol. The summed E-state index contributed by atoms with van der Waals surface area (Å²) in [5, 5.41) is 3.64. The first-order valence-electron chi connectivity index (χ1n) is 10.3. The van der Waals surface area contributed by atoms with E-state index in [1.165, 1.54) is 44.1 Å². The van der Waals surface area contributed by atoms with Crippen LogP contribution in [0.5, 0.6) is 11.5 Å². The highest BCUT2D eigenvalue weighted by molar-refractivity contribution is 5.67. The lowest BCUT2D eigenvalue weighted by molar-refractivity contribution is 0.314. The minimum Gasteiger partial charge on any atom is -0.493 e. The molecule has 1 aromatic rings. The van der Waals surface area contributed by atoms with E-state index >= 15 is 0 Å². The smallest absolute Gasteiger partial charge is 0.130 e. The molecule has 0 aromatic heterocycles. The fourth-order valence-electron chi connectivity index (χ4n) is 3.94. The number of nitrogens with one attached hydrogen (secondary N) is 1. The Hall–Kier alpha value is -1.52. The van der Waals surface area contributed by atoms with Gasteiger partial charge in [-0.05, 0) is 101 Å². The number of nitrogens with two attached hydrogens (primary N) is 1. The Labute approximate surface area is 158 Å². The largest absolute Gasteiger partial charge is 0.493 e. The van der Waals surface area contributed by atoms with Gasteiger partial charge in [0, 0.05) is 6.04 Å². The zero-order valence-corrected chi connectivity index (χ0v) is 16.1. The third kappa shape index (κ3) is 5.49. The van der Waals surface area contributed by atoms with Crippen molar-refractivity contribution in [3.8, 4) is 11.5 Å². The molecule has 4 heteroatoms. The lowest BCUT2D eigenvalue weighted by atomic mass is 9.86. The summed E-state index contributed by atoms with van der Waals surface area (Å²) < 4.78 is 11.6. The van der Waals surface area contributed by atoms with Crippen molar-refractivity contribution in [1.29, 1.82) is 0 Å². The number of aryl methyl sites for hydroxylation is 1. The molecule has 0 radical (unpaired) electrons. The second-order valence-electron chi connectivity index (χ2n) is 7.59. The van der Waals surface area contributed by atoms with E-state index < -0.39 is 0 Å². The van der Waals surface area contributed by atoms with Gasteiger partial charge in [-0.15, -0.1) is 0 Å². The highest BCUT2D eigenvalue weighted by Crippen LogP contribution is 2.34. The second kappa shape index (κ2) is 9.98. The van der Waals surface area contributed by atoms with Crippen LogP contribution in [-0.4, -0.2) is 32.3 Å². The van der Waals surface area contributed by atoms with E-state index in [-0.39, 0.29) is 0 Å². The van der Waals surface area contributed by atoms with Gasteiger partial charge in [-0.1, -0.05) is 0 Å². The van der Waals surface area contributed by atoms with Crippen LogP contribution in [0.4, 0.5) is 0 Å². The Kier molecular flexibility index (Phi) is 7.39. The number of benzene rings is 1. The van der Waals surface area contributed by atoms with Gasteiger partial charge >= 0.3 is 0 Å². The first-order valence-corrected chi connectivity index (χ1v) is 10.3. The quantitative estimate of drug-likeness (QED) is 0.657. The summed E-state index contributed by atoms with van der Waals surface area (Å²) >= 11 is 0. The van der Waals surface area contributed by atoms with Gasteiger partial charge in [0.2, 0.25) is 0 Å². The fourth-order valence-corrected chi connectivity index (χ4v) is 3.94. The molecule has 1 aliphatic carbocycles. The van der Waals surface area contributed by atoms with Crippen molar-refractivity contribution >= 4 is 6.08 Å². The predicted octanol–water partition coefficient (Wildman–Crippen LogP) is 3.92. The van der Waals surface area contributed by atoms with E-state index in [0.717, 1.165) is 42.5 Å². The molecular formula is C22H34N2O2. The summed E-state index contributed by atoms with van der Waals surface area (Å²) in [5.74, 6) is 2.74. The molecule has 26 heavy (non-hydrogen) atoms. The van der Waals surface area contributed by atoms with E-state index in [4.69, 9.17) is 15.2 Å². The van der Waals surface area contributed by atoms with Crippen LogP contribution < -0.4 is 20.5 Å². The highest BCUT2D eigenvalue weighted by Gasteiger charge is 2.17. The third-order valence-electron chi connectivity index (χ3n) is 5.48. The molecule has 1 aliphatic heterocycles. The fraction of sp³-hybridized carbons (Fsp3) is 0.636. The lowest BCUT2D eigenvalue weighted by Crippen LogP contribution is -2.32. The third-order valence-corrected chi connectivity index (χ3v) is 5.48. The Morgan fingerprint density at radius 2 is 2.04 bits per heavy atom. The molecule has 0 amide bonds. The first kappa shape index (κ1) is 19.2. The molecule has 3 rings (SSSR count). The molecule has 1 saturated carbocycles. The average Bonchev–Trinajstić information content (AvgIpc) is 2.66. The van der Waals surface area contributed by atoms with Crippen molar-refractivity contribution < 1.29 is 9.47 Å². The van der Waals surface area contributed by atoms with Crippen molar-refractivity contribution in [3.63, 3.8) is 0 Å². The van der Waals surface area contributed by atoms with Crippen LogP contribution >= 0.6 is 0 Å². The predicted molar refractivity (Wildman–Crippen MR) is 108 cm³/mol. The first-order chi connectivity index (χ1) is 12.8. The van der Waals surface area contributed by atoms with Crippen LogP contribution in [0.25, 0.3) is 6.08 Å². The molecule has 0 spiro atoms. The van der Waals surface area contributed by atoms with Crippen LogP contribution in [0.15, 0.2) is 18.2 Å². The average molecular weight is 359 g/mol. The van der Waals surface area contributed by atoms with E-state index in [1.54, 1.807) is 0 Å². The van der Waals surface area contributed by atoms with Crippen LogP contribution in [-0.2, 0) is 6.42 Å². The summed E-state index contributed by atoms with van der Waals surface area (Å²) in [4.78, 5) is 0. The molecule has 4 nitrogen and oxygen atoms in total. The molecule has 0 saturated heterocycles. The van der Waals surface area contributed by atoms with Gasteiger partial charge < -0.3 is 20.5 Å². The van der Waals surface area contributed by atoms with Crippen LogP contribution in [0.1, 0.15) is 56.6 Å². The lowest BCUT2D eigenvalue weighted by Gasteiger charge is -2.26. The summed E-state index contributed by atoms with van der Waals surface area (Å²) in [5.41, 5.74) is 8.37. The number of rotatable bonds is 9. The number of unbranched alkanes of at least 4 members (excludes halogenated alkanes) is 1. The molecule has 3 N–H and O–H groups in total. The number of ether oxygens (including phenoxy) is 2. The standard InChI is InChI=1S/C22H34N2O2/c1-2-25-21-14-18(15-22-20(21)7-5-13-26-22)6-3-4-12-24-16-17-8-10-19(23)11-9-17/h5,7,14-15,17,19,24H,2-4,6,8-13,16,23H2,1H3. The van der Waals surface area contributed by atoms with Crippen molar-refractivity contribution in [1.82, 2.24) is 5.32 Å². The Bertz CT molecular complexity index is 592. The van der Waals surface area contributed by atoms with Gasteiger partial charge in [-0.3, -0.25) is 0 Å². The van der Waals surface area contributed by atoms with Crippen molar-refractivity contribution in [3.05, 3.63) is 29.3 Å². The SMILES string of the molecule is CCOc1cc(CCCCNCC2CCC(N)CC2)cc2c1C=CCO2. The van der Waals surface area contributed by atoms with Gasteiger partial charge in [-0.2, -0.15) is 0 Å². The summed E-state index contributed by atoms with van der Waals surface area (Å²) in [6.07, 6.45) is 12.6. The summed E-state index contributed by atoms with van der Waals surface area (Å²) in [7, 11) is 0. The van der Waals surface area contributed by atoms with Crippen LogP contribution in [0, 0.1) is 5.92 Å². The zero-order chi connectivity index (χ0) is 18.2. The van der Waals surface area contributed by atoms with E-state index in [9.17, 15) is 0 Å². The van der Waals surface area contributed by atoms with Crippen molar-refractivity contribution in [2.45, 2.75) is 57.9 Å². The Balaban J connectivity index is 1.39. The molecule has 144 valence electrons. The summed E-state index contributed by atoms with van der Waals surface area (Å²) in [6.45, 7) is 5.61. The van der Waals surface area contributed by atoms with E-state index in [2.05, 4.69) is 23.5 Å². The minimum absolute atomic E-state index is 0.448. The van der Waals surface area contributed by atoms with Gasteiger partial charge in [0.1, 0.15) is 18.1 Å². The van der Waals surface area contributed by atoms with Crippen LogP contribution in [0.2, 0.25) is 0 Å². The minimum atomic E-state index is 0.448. The maximum absolute atomic E-state index is 5.98. The molecule has 0 atom stereocenters. The Morgan fingerprint density at radius 1 is 1.19 bits per heavy atom. The molecule has 0 bridgehead atoms. The number of hydrogen-bond acceptors (Lipinski definition) is 4. The second-order valence-corrected chi connectivity index (χ2v) is 7.59. The van der Waals surface area contributed by atoms with Gasteiger partial charge in [0.25, 0.3) is 0 Å². The normalized spacial score (nSPS) is 21.9. The molecule has 1 heterocycles. The molecule has 2 aliphatic rings. The number of fused-ring (bicyclic) bond motifs is 1. The topological polar surface area (TPSA) is 56.5 Å².